The highest BCUT2D eigenvalue weighted by molar-refractivity contribution is 6.07. The standard InChI is InChI=1S/C26H37N5O2/c1-26(2)16-21(8-11-29(26)18-19-6-4-3-5-7-19)14-20-9-13-31-22(15-20)23(17-27-31)30-12-10-24(32)28-25(30)33/h9,13,15,17,19,21H,3-8,10-12,14,16,18H2,1-2H3,(H,28,32,33). The molecular weight excluding hydrogens is 414 g/mol. The number of aromatic nitrogens is 2. The lowest BCUT2D eigenvalue weighted by Crippen LogP contribution is -2.52. The van der Waals surface area contributed by atoms with Crippen LogP contribution in [0.25, 0.3) is 5.52 Å². The van der Waals surface area contributed by atoms with Crippen LogP contribution in [-0.4, -0.2) is 51.6 Å². The number of carbonyl (C=O) groups is 2. The molecule has 1 saturated carbocycles. The second kappa shape index (κ2) is 9.09. The van der Waals surface area contributed by atoms with E-state index in [-0.39, 0.29) is 17.5 Å². The first-order valence-electron chi connectivity index (χ1n) is 12.7. The maximum Gasteiger partial charge on any atom is 0.328 e. The van der Waals surface area contributed by atoms with Gasteiger partial charge in [-0.2, -0.15) is 5.10 Å². The van der Waals surface area contributed by atoms with Crippen molar-refractivity contribution < 1.29 is 9.59 Å². The van der Waals surface area contributed by atoms with Gasteiger partial charge in [0.25, 0.3) is 0 Å². The average Bonchev–Trinajstić information content (AvgIpc) is 3.19. The molecule has 1 N–H and O–H groups in total. The van der Waals surface area contributed by atoms with Crippen molar-refractivity contribution in [3.05, 3.63) is 30.1 Å². The van der Waals surface area contributed by atoms with Gasteiger partial charge in [0.1, 0.15) is 0 Å². The van der Waals surface area contributed by atoms with Crippen LogP contribution < -0.4 is 10.2 Å². The van der Waals surface area contributed by atoms with Gasteiger partial charge >= 0.3 is 6.03 Å². The molecule has 1 atom stereocenters. The Hall–Kier alpha value is -2.41. The molecule has 1 unspecified atom stereocenters. The summed E-state index contributed by atoms with van der Waals surface area (Å²) in [7, 11) is 0. The van der Waals surface area contributed by atoms with Crippen LogP contribution in [0.5, 0.6) is 0 Å². The van der Waals surface area contributed by atoms with Crippen LogP contribution in [0.3, 0.4) is 0 Å². The smallest absolute Gasteiger partial charge is 0.298 e. The number of piperidine rings is 1. The molecule has 2 aromatic rings. The van der Waals surface area contributed by atoms with Crippen LogP contribution >= 0.6 is 0 Å². The molecule has 0 spiro atoms. The third kappa shape index (κ3) is 4.79. The molecule has 2 saturated heterocycles. The predicted octanol–water partition coefficient (Wildman–Crippen LogP) is 4.39. The van der Waals surface area contributed by atoms with Crippen molar-refractivity contribution in [3.63, 3.8) is 0 Å². The Labute approximate surface area is 196 Å². The van der Waals surface area contributed by atoms with E-state index in [1.807, 2.05) is 10.7 Å². The number of imide groups is 1. The van der Waals surface area contributed by atoms with Gasteiger partial charge in [-0.05, 0) is 82.0 Å². The molecule has 3 fully saturated rings. The number of urea groups is 1. The lowest BCUT2D eigenvalue weighted by Gasteiger charge is -2.47. The van der Waals surface area contributed by atoms with E-state index < -0.39 is 0 Å². The quantitative estimate of drug-likeness (QED) is 0.732. The summed E-state index contributed by atoms with van der Waals surface area (Å²) in [6.45, 7) is 7.71. The van der Waals surface area contributed by atoms with Gasteiger partial charge in [0.15, 0.2) is 0 Å². The first-order valence-corrected chi connectivity index (χ1v) is 12.7. The van der Waals surface area contributed by atoms with E-state index in [2.05, 4.69) is 41.3 Å². The summed E-state index contributed by atoms with van der Waals surface area (Å²) >= 11 is 0. The Morgan fingerprint density at radius 1 is 1.09 bits per heavy atom. The summed E-state index contributed by atoms with van der Waals surface area (Å²) in [5.41, 5.74) is 3.22. The number of hydrogen-bond donors (Lipinski definition) is 1. The third-order valence-electron chi connectivity index (χ3n) is 8.09. The maximum absolute atomic E-state index is 12.3. The van der Waals surface area contributed by atoms with Crippen LogP contribution in [0, 0.1) is 11.8 Å². The molecule has 0 radical (unpaired) electrons. The number of nitrogens with zero attached hydrogens (tertiary/aromatic N) is 4. The first-order chi connectivity index (χ1) is 15.9. The van der Waals surface area contributed by atoms with Crippen molar-refractivity contribution in [1.82, 2.24) is 19.8 Å². The number of amides is 3. The number of rotatable bonds is 5. The molecule has 0 aromatic carbocycles. The summed E-state index contributed by atoms with van der Waals surface area (Å²) in [5.74, 6) is 1.33. The van der Waals surface area contributed by atoms with Crippen molar-refractivity contribution in [2.24, 2.45) is 11.8 Å². The summed E-state index contributed by atoms with van der Waals surface area (Å²) in [5, 5.41) is 6.84. The summed E-state index contributed by atoms with van der Waals surface area (Å²) in [6, 6.07) is 3.97. The highest BCUT2D eigenvalue weighted by Crippen LogP contribution is 2.36. The fourth-order valence-corrected chi connectivity index (χ4v) is 6.25. The van der Waals surface area contributed by atoms with E-state index in [1.165, 1.54) is 63.6 Å². The Balaban J connectivity index is 1.27. The average molecular weight is 452 g/mol. The van der Waals surface area contributed by atoms with Crippen LogP contribution in [-0.2, 0) is 11.2 Å². The minimum Gasteiger partial charge on any atom is -0.298 e. The van der Waals surface area contributed by atoms with E-state index >= 15 is 0 Å². The fraction of sp³-hybridized carbons (Fsp3) is 0.654. The lowest BCUT2D eigenvalue weighted by molar-refractivity contribution is -0.120. The van der Waals surface area contributed by atoms with Crippen molar-refractivity contribution in [2.45, 2.75) is 77.2 Å². The third-order valence-corrected chi connectivity index (χ3v) is 8.09. The normalized spacial score (nSPS) is 24.9. The van der Waals surface area contributed by atoms with Gasteiger partial charge in [-0.1, -0.05) is 19.3 Å². The summed E-state index contributed by atoms with van der Waals surface area (Å²) in [6.07, 6.45) is 14.6. The highest BCUT2D eigenvalue weighted by Gasteiger charge is 2.36. The van der Waals surface area contributed by atoms with Crippen molar-refractivity contribution in [2.75, 3.05) is 24.5 Å². The number of anilines is 1. The largest absolute Gasteiger partial charge is 0.328 e. The number of nitrogens with one attached hydrogen (secondary N) is 1. The molecule has 2 aromatic heterocycles. The number of likely N-dealkylation sites (tertiary alicyclic amines) is 1. The van der Waals surface area contributed by atoms with Crippen molar-refractivity contribution in [1.29, 1.82) is 0 Å². The summed E-state index contributed by atoms with van der Waals surface area (Å²) in [4.78, 5) is 28.3. The fourth-order valence-electron chi connectivity index (χ4n) is 6.25. The van der Waals surface area contributed by atoms with E-state index in [0.29, 0.717) is 18.9 Å². The predicted molar refractivity (Wildman–Crippen MR) is 129 cm³/mol. The van der Waals surface area contributed by atoms with E-state index in [1.54, 1.807) is 11.1 Å². The molecule has 33 heavy (non-hydrogen) atoms. The van der Waals surface area contributed by atoms with Gasteiger partial charge in [0.05, 0.1) is 17.4 Å². The van der Waals surface area contributed by atoms with Crippen LogP contribution in [0.2, 0.25) is 0 Å². The van der Waals surface area contributed by atoms with Crippen LogP contribution in [0.4, 0.5) is 10.5 Å². The van der Waals surface area contributed by atoms with Gasteiger partial charge in [-0.3, -0.25) is 19.9 Å². The summed E-state index contributed by atoms with van der Waals surface area (Å²) < 4.78 is 1.82. The molecule has 0 bridgehead atoms. The minimum absolute atomic E-state index is 0.217. The van der Waals surface area contributed by atoms with Crippen LogP contribution in [0.15, 0.2) is 24.5 Å². The minimum atomic E-state index is -0.362. The maximum atomic E-state index is 12.3. The lowest BCUT2D eigenvalue weighted by atomic mass is 9.78. The molecule has 4 heterocycles. The molecule has 3 aliphatic rings. The Morgan fingerprint density at radius 2 is 1.91 bits per heavy atom. The number of fused-ring (bicyclic) bond motifs is 1. The second-order valence-corrected chi connectivity index (χ2v) is 11.0. The molecule has 7 heteroatoms. The highest BCUT2D eigenvalue weighted by atomic mass is 16.2. The number of pyridine rings is 1. The van der Waals surface area contributed by atoms with Crippen molar-refractivity contribution >= 4 is 23.1 Å². The molecule has 5 rings (SSSR count). The Bertz CT molecular complexity index is 1020. The SMILES string of the molecule is CC1(C)CC(Cc2ccn3ncc(N4CCC(=O)NC4=O)c3c2)CCN1CC1CCCCC1. The molecule has 1 aliphatic carbocycles. The molecule has 2 aliphatic heterocycles. The van der Waals surface area contributed by atoms with Crippen LogP contribution in [0.1, 0.15) is 70.8 Å². The van der Waals surface area contributed by atoms with Gasteiger partial charge in [0, 0.05) is 31.2 Å². The topological polar surface area (TPSA) is 70.0 Å². The first kappa shape index (κ1) is 22.4. The Morgan fingerprint density at radius 3 is 2.67 bits per heavy atom. The van der Waals surface area contributed by atoms with E-state index in [9.17, 15) is 9.59 Å². The molecule has 3 amide bonds. The zero-order valence-electron chi connectivity index (χ0n) is 20.1. The zero-order valence-corrected chi connectivity index (χ0v) is 20.1. The number of hydrogen-bond acceptors (Lipinski definition) is 4. The van der Waals surface area contributed by atoms with Gasteiger partial charge in [-0.15, -0.1) is 0 Å². The number of carbonyl (C=O) groups excluding carboxylic acids is 2. The van der Waals surface area contributed by atoms with E-state index in [0.717, 1.165) is 23.5 Å². The van der Waals surface area contributed by atoms with Crippen molar-refractivity contribution in [3.8, 4) is 0 Å². The van der Waals surface area contributed by atoms with Gasteiger partial charge in [-0.25, -0.2) is 9.31 Å². The van der Waals surface area contributed by atoms with Gasteiger partial charge in [0.2, 0.25) is 5.91 Å². The second-order valence-electron chi connectivity index (χ2n) is 11.0. The van der Waals surface area contributed by atoms with Gasteiger partial charge < -0.3 is 0 Å². The van der Waals surface area contributed by atoms with E-state index in [4.69, 9.17) is 0 Å². The molecule has 7 nitrogen and oxygen atoms in total. The molecule has 178 valence electrons. The Kier molecular flexibility index (Phi) is 6.16. The monoisotopic (exact) mass is 451 g/mol. The molecular formula is C26H37N5O2. The zero-order chi connectivity index (χ0) is 23.0.